The van der Waals surface area contributed by atoms with E-state index in [9.17, 15) is 4.79 Å². The minimum atomic E-state index is -0.145. The van der Waals surface area contributed by atoms with Crippen molar-refractivity contribution in [3.8, 4) is 11.5 Å². The number of hydrogen-bond acceptors (Lipinski definition) is 6. The number of amides is 1. The largest absolute Gasteiger partial charge is 0.421 e. The molecule has 7 nitrogen and oxygen atoms in total. The number of thiophene rings is 1. The SMILES string of the molecule is O=C(CCc1nnc(-c2ccsc2)o1)Nn1cnc2ccccc21. The number of carbonyl (C=O) groups is 1. The third kappa shape index (κ3) is 2.91. The molecule has 0 aliphatic rings. The summed E-state index contributed by atoms with van der Waals surface area (Å²) in [5.41, 5.74) is 5.37. The van der Waals surface area contributed by atoms with Crippen LogP contribution in [0, 0.1) is 0 Å². The highest BCUT2D eigenvalue weighted by atomic mass is 32.1. The zero-order chi connectivity index (χ0) is 16.4. The molecule has 0 radical (unpaired) electrons. The van der Waals surface area contributed by atoms with Crippen molar-refractivity contribution < 1.29 is 9.21 Å². The van der Waals surface area contributed by atoms with Gasteiger partial charge in [0.1, 0.15) is 6.33 Å². The number of nitrogens with one attached hydrogen (secondary N) is 1. The van der Waals surface area contributed by atoms with E-state index in [0.29, 0.717) is 18.2 Å². The normalized spacial score (nSPS) is 11.0. The van der Waals surface area contributed by atoms with E-state index in [-0.39, 0.29) is 12.3 Å². The summed E-state index contributed by atoms with van der Waals surface area (Å²) in [6.45, 7) is 0. The van der Waals surface area contributed by atoms with Crippen molar-refractivity contribution in [3.05, 3.63) is 53.3 Å². The number of rotatable bonds is 5. The van der Waals surface area contributed by atoms with Gasteiger partial charge in [0.2, 0.25) is 17.7 Å². The van der Waals surface area contributed by atoms with Crippen molar-refractivity contribution in [1.82, 2.24) is 19.9 Å². The lowest BCUT2D eigenvalue weighted by Gasteiger charge is -2.05. The number of imidazole rings is 1. The highest BCUT2D eigenvalue weighted by molar-refractivity contribution is 7.08. The van der Waals surface area contributed by atoms with E-state index >= 15 is 0 Å². The maximum Gasteiger partial charge on any atom is 0.248 e. The molecule has 120 valence electrons. The predicted molar refractivity (Wildman–Crippen MR) is 90.0 cm³/mol. The van der Waals surface area contributed by atoms with Crippen LogP contribution in [0.1, 0.15) is 12.3 Å². The number of fused-ring (bicyclic) bond motifs is 1. The zero-order valence-corrected chi connectivity index (χ0v) is 13.4. The van der Waals surface area contributed by atoms with Gasteiger partial charge >= 0.3 is 0 Å². The van der Waals surface area contributed by atoms with Gasteiger partial charge in [-0.1, -0.05) is 12.1 Å². The lowest BCUT2D eigenvalue weighted by molar-refractivity contribution is -0.117. The molecule has 3 aromatic heterocycles. The molecular formula is C16H13N5O2S. The first-order chi connectivity index (χ1) is 11.8. The summed E-state index contributed by atoms with van der Waals surface area (Å²) in [6, 6.07) is 9.51. The maximum absolute atomic E-state index is 12.1. The number of carbonyl (C=O) groups excluding carboxylic acids is 1. The Kier molecular flexibility index (Phi) is 3.80. The van der Waals surface area contributed by atoms with Crippen LogP contribution in [0.5, 0.6) is 0 Å². The molecule has 24 heavy (non-hydrogen) atoms. The van der Waals surface area contributed by atoms with Crippen LogP contribution in [0.4, 0.5) is 0 Å². The Balaban J connectivity index is 1.38. The van der Waals surface area contributed by atoms with Crippen LogP contribution in [0.2, 0.25) is 0 Å². The van der Waals surface area contributed by atoms with Gasteiger partial charge in [-0.3, -0.25) is 10.2 Å². The molecule has 0 aliphatic carbocycles. The van der Waals surface area contributed by atoms with Crippen molar-refractivity contribution in [3.63, 3.8) is 0 Å². The highest BCUT2D eigenvalue weighted by Crippen LogP contribution is 2.20. The molecule has 0 aliphatic heterocycles. The van der Waals surface area contributed by atoms with E-state index in [2.05, 4.69) is 20.6 Å². The smallest absolute Gasteiger partial charge is 0.248 e. The molecule has 0 fully saturated rings. The summed E-state index contributed by atoms with van der Waals surface area (Å²) in [7, 11) is 0. The second kappa shape index (κ2) is 6.25. The summed E-state index contributed by atoms with van der Waals surface area (Å²) in [6.07, 6.45) is 2.22. The molecule has 4 rings (SSSR count). The van der Waals surface area contributed by atoms with E-state index < -0.39 is 0 Å². The molecule has 1 amide bonds. The highest BCUT2D eigenvalue weighted by Gasteiger charge is 2.11. The van der Waals surface area contributed by atoms with Gasteiger partial charge in [0.05, 0.1) is 11.0 Å². The van der Waals surface area contributed by atoms with Gasteiger partial charge < -0.3 is 4.42 Å². The van der Waals surface area contributed by atoms with Crippen molar-refractivity contribution in [2.45, 2.75) is 12.8 Å². The Bertz CT molecular complexity index is 973. The zero-order valence-electron chi connectivity index (χ0n) is 12.5. The lowest BCUT2D eigenvalue weighted by atomic mass is 10.3. The Morgan fingerprint density at radius 1 is 1.25 bits per heavy atom. The average Bonchev–Trinajstić information content (AvgIpc) is 3.34. The van der Waals surface area contributed by atoms with E-state index in [1.54, 1.807) is 22.3 Å². The first kappa shape index (κ1) is 14.6. The molecule has 3 heterocycles. The number of nitrogens with zero attached hydrogens (tertiary/aromatic N) is 4. The second-order valence-corrected chi connectivity index (χ2v) is 5.93. The van der Waals surface area contributed by atoms with Crippen LogP contribution in [0.25, 0.3) is 22.5 Å². The fourth-order valence-corrected chi connectivity index (χ4v) is 2.95. The Morgan fingerprint density at radius 3 is 3.04 bits per heavy atom. The van der Waals surface area contributed by atoms with Gasteiger partial charge in [0.15, 0.2) is 0 Å². The van der Waals surface area contributed by atoms with Gasteiger partial charge in [-0.2, -0.15) is 11.3 Å². The molecule has 0 atom stereocenters. The maximum atomic E-state index is 12.1. The first-order valence-corrected chi connectivity index (χ1v) is 8.31. The fraction of sp³-hybridized carbons (Fsp3) is 0.125. The molecule has 0 unspecified atom stereocenters. The van der Waals surface area contributed by atoms with Crippen LogP contribution in [-0.4, -0.2) is 25.8 Å². The third-order valence-electron chi connectivity index (χ3n) is 3.50. The van der Waals surface area contributed by atoms with Crippen LogP contribution in [-0.2, 0) is 11.2 Å². The van der Waals surface area contributed by atoms with Crippen LogP contribution < -0.4 is 5.43 Å². The van der Waals surface area contributed by atoms with E-state index in [1.165, 1.54) is 0 Å². The summed E-state index contributed by atoms with van der Waals surface area (Å²) in [5, 5.41) is 11.9. The number of aromatic nitrogens is 4. The quantitative estimate of drug-likeness (QED) is 0.604. The van der Waals surface area contributed by atoms with Gasteiger partial charge in [-0.25, -0.2) is 9.66 Å². The molecular weight excluding hydrogens is 326 g/mol. The summed E-state index contributed by atoms with van der Waals surface area (Å²) in [5.74, 6) is 0.780. The molecule has 8 heteroatoms. The standard InChI is InChI=1S/C16H13N5O2S/c22-14(20-21-10-17-12-3-1-2-4-13(12)21)5-6-15-18-19-16(23-15)11-7-8-24-9-11/h1-4,7-10H,5-6H2,(H,20,22). The number of aryl methyl sites for hydroxylation is 1. The Morgan fingerprint density at radius 2 is 2.17 bits per heavy atom. The molecule has 0 spiro atoms. The summed E-state index contributed by atoms with van der Waals surface area (Å²) < 4.78 is 7.18. The van der Waals surface area contributed by atoms with Crippen LogP contribution in [0.3, 0.4) is 0 Å². The molecule has 0 saturated carbocycles. The Labute approximate surface area is 140 Å². The molecule has 1 N–H and O–H groups in total. The van der Waals surface area contributed by atoms with Gasteiger partial charge in [-0.15, -0.1) is 10.2 Å². The van der Waals surface area contributed by atoms with Crippen molar-refractivity contribution >= 4 is 28.3 Å². The molecule has 4 aromatic rings. The van der Waals surface area contributed by atoms with Gasteiger partial charge in [0, 0.05) is 23.8 Å². The fourth-order valence-electron chi connectivity index (χ4n) is 2.32. The molecule has 1 aromatic carbocycles. The molecule has 0 bridgehead atoms. The summed E-state index contributed by atoms with van der Waals surface area (Å²) >= 11 is 1.56. The van der Waals surface area contributed by atoms with Gasteiger partial charge in [0.25, 0.3) is 0 Å². The number of hydrogen-bond donors (Lipinski definition) is 1. The van der Waals surface area contributed by atoms with E-state index in [0.717, 1.165) is 16.6 Å². The average molecular weight is 339 g/mol. The predicted octanol–water partition coefficient (Wildman–Crippen LogP) is 2.85. The van der Waals surface area contributed by atoms with Crippen LogP contribution in [0.15, 0.2) is 51.8 Å². The monoisotopic (exact) mass is 339 g/mol. The first-order valence-electron chi connectivity index (χ1n) is 7.36. The van der Waals surface area contributed by atoms with Crippen molar-refractivity contribution in [2.75, 3.05) is 5.43 Å². The van der Waals surface area contributed by atoms with Crippen molar-refractivity contribution in [1.29, 1.82) is 0 Å². The van der Waals surface area contributed by atoms with E-state index in [4.69, 9.17) is 4.42 Å². The summed E-state index contributed by atoms with van der Waals surface area (Å²) in [4.78, 5) is 16.3. The number of benzene rings is 1. The lowest BCUT2D eigenvalue weighted by Crippen LogP contribution is -2.22. The number of para-hydroxylation sites is 2. The van der Waals surface area contributed by atoms with Crippen LogP contribution >= 0.6 is 11.3 Å². The third-order valence-corrected chi connectivity index (χ3v) is 4.18. The van der Waals surface area contributed by atoms with Gasteiger partial charge in [-0.05, 0) is 23.6 Å². The Hall–Kier alpha value is -3.00. The van der Waals surface area contributed by atoms with Crippen molar-refractivity contribution in [2.24, 2.45) is 0 Å². The molecule has 0 saturated heterocycles. The minimum absolute atomic E-state index is 0.145. The second-order valence-electron chi connectivity index (χ2n) is 5.15. The topological polar surface area (TPSA) is 85.8 Å². The minimum Gasteiger partial charge on any atom is -0.421 e. The van der Waals surface area contributed by atoms with E-state index in [1.807, 2.05) is 41.1 Å².